The van der Waals surface area contributed by atoms with Crippen molar-refractivity contribution in [2.45, 2.75) is 39.4 Å². The number of amides is 1. The van der Waals surface area contributed by atoms with Crippen LogP contribution in [0.1, 0.15) is 27.7 Å². The Hall–Kier alpha value is -1.26. The Kier molecular flexibility index (Phi) is 3.21. The van der Waals surface area contributed by atoms with Gasteiger partial charge in [0, 0.05) is 0 Å². The third-order valence-electron chi connectivity index (χ3n) is 1.78. The van der Waals surface area contributed by atoms with E-state index in [0.717, 1.165) is 0 Å². The van der Waals surface area contributed by atoms with Crippen LogP contribution in [-0.2, 0) is 14.3 Å². The lowest BCUT2D eigenvalue weighted by molar-refractivity contribution is -0.155. The number of hydrogen-bond acceptors (Lipinski definition) is 4. The minimum absolute atomic E-state index is 0.0412. The minimum atomic E-state index is -0.521. The molecule has 1 amide bonds. The van der Waals surface area contributed by atoms with Gasteiger partial charge in [-0.25, -0.2) is 4.79 Å². The van der Waals surface area contributed by atoms with Gasteiger partial charge in [0.1, 0.15) is 18.2 Å². The van der Waals surface area contributed by atoms with E-state index in [4.69, 9.17) is 9.47 Å². The second-order valence-electron chi connectivity index (χ2n) is 4.66. The van der Waals surface area contributed by atoms with Gasteiger partial charge in [-0.1, -0.05) is 0 Å². The fourth-order valence-corrected chi connectivity index (χ4v) is 1.33. The zero-order valence-corrected chi connectivity index (χ0v) is 9.57. The molecule has 1 fully saturated rings. The molecule has 0 N–H and O–H groups in total. The van der Waals surface area contributed by atoms with Crippen molar-refractivity contribution in [2.75, 3.05) is 13.1 Å². The van der Waals surface area contributed by atoms with E-state index in [1.807, 2.05) is 0 Å². The molecule has 1 unspecified atom stereocenters. The SMILES string of the molecule is CC1CN(CC(=O)OC(C)(C)C)C(=O)O1. The molecule has 1 aliphatic rings. The Bertz CT molecular complexity index is 269. The summed E-state index contributed by atoms with van der Waals surface area (Å²) in [7, 11) is 0. The topological polar surface area (TPSA) is 55.8 Å². The maximum Gasteiger partial charge on any atom is 0.410 e. The first kappa shape index (κ1) is 11.8. The van der Waals surface area contributed by atoms with Crippen LogP contribution in [0.15, 0.2) is 0 Å². The van der Waals surface area contributed by atoms with Gasteiger partial charge in [-0.15, -0.1) is 0 Å². The molecule has 0 aromatic rings. The lowest BCUT2D eigenvalue weighted by Crippen LogP contribution is -2.35. The Morgan fingerprint density at radius 3 is 2.60 bits per heavy atom. The first-order chi connectivity index (χ1) is 6.78. The number of esters is 1. The molecule has 0 aromatic carbocycles. The molecule has 0 radical (unpaired) electrons. The summed E-state index contributed by atoms with van der Waals surface area (Å²) >= 11 is 0. The van der Waals surface area contributed by atoms with Crippen molar-refractivity contribution in [3.8, 4) is 0 Å². The summed E-state index contributed by atoms with van der Waals surface area (Å²) in [5, 5.41) is 0. The van der Waals surface area contributed by atoms with E-state index in [9.17, 15) is 9.59 Å². The van der Waals surface area contributed by atoms with E-state index in [1.165, 1.54) is 4.90 Å². The second-order valence-corrected chi connectivity index (χ2v) is 4.66. The molecule has 0 aromatic heterocycles. The van der Waals surface area contributed by atoms with Crippen LogP contribution in [0.5, 0.6) is 0 Å². The van der Waals surface area contributed by atoms with Gasteiger partial charge in [0.25, 0.3) is 0 Å². The summed E-state index contributed by atoms with van der Waals surface area (Å²) in [6, 6.07) is 0. The molecular formula is C10H17NO4. The van der Waals surface area contributed by atoms with Crippen LogP contribution < -0.4 is 0 Å². The van der Waals surface area contributed by atoms with Crippen molar-refractivity contribution >= 4 is 12.1 Å². The molecule has 0 saturated carbocycles. The third-order valence-corrected chi connectivity index (χ3v) is 1.78. The summed E-state index contributed by atoms with van der Waals surface area (Å²) in [5.41, 5.74) is -0.521. The lowest BCUT2D eigenvalue weighted by Gasteiger charge is -2.21. The van der Waals surface area contributed by atoms with Crippen molar-refractivity contribution in [3.63, 3.8) is 0 Å². The molecule has 1 rings (SSSR count). The summed E-state index contributed by atoms with van der Waals surface area (Å²) in [4.78, 5) is 23.9. The Morgan fingerprint density at radius 2 is 2.20 bits per heavy atom. The van der Waals surface area contributed by atoms with Gasteiger partial charge in [-0.3, -0.25) is 9.69 Å². The Morgan fingerprint density at radius 1 is 1.60 bits per heavy atom. The molecule has 86 valence electrons. The fourth-order valence-electron chi connectivity index (χ4n) is 1.33. The maximum atomic E-state index is 11.4. The van der Waals surface area contributed by atoms with Crippen molar-refractivity contribution in [2.24, 2.45) is 0 Å². The highest BCUT2D eigenvalue weighted by atomic mass is 16.6. The predicted molar refractivity (Wildman–Crippen MR) is 53.4 cm³/mol. The highest BCUT2D eigenvalue weighted by Crippen LogP contribution is 2.12. The van der Waals surface area contributed by atoms with E-state index in [0.29, 0.717) is 6.54 Å². The van der Waals surface area contributed by atoms with Gasteiger partial charge in [0.15, 0.2) is 0 Å². The Labute approximate surface area is 89.3 Å². The van der Waals surface area contributed by atoms with Gasteiger partial charge in [0.05, 0.1) is 6.54 Å². The van der Waals surface area contributed by atoms with Gasteiger partial charge in [-0.2, -0.15) is 0 Å². The molecule has 5 nitrogen and oxygen atoms in total. The molecule has 1 atom stereocenters. The highest BCUT2D eigenvalue weighted by molar-refractivity contribution is 5.79. The molecule has 1 heterocycles. The largest absolute Gasteiger partial charge is 0.459 e. The van der Waals surface area contributed by atoms with Gasteiger partial charge in [-0.05, 0) is 27.7 Å². The van der Waals surface area contributed by atoms with Crippen molar-refractivity contribution in [3.05, 3.63) is 0 Å². The number of nitrogens with zero attached hydrogens (tertiary/aromatic N) is 1. The zero-order chi connectivity index (χ0) is 11.6. The van der Waals surface area contributed by atoms with Gasteiger partial charge in [0.2, 0.25) is 0 Å². The van der Waals surface area contributed by atoms with Crippen LogP contribution in [0.2, 0.25) is 0 Å². The number of carbonyl (C=O) groups excluding carboxylic acids is 2. The molecule has 15 heavy (non-hydrogen) atoms. The molecule has 0 bridgehead atoms. The standard InChI is InChI=1S/C10H17NO4/c1-7-5-11(9(13)14-7)6-8(12)15-10(2,3)4/h7H,5-6H2,1-4H3. The van der Waals surface area contributed by atoms with E-state index >= 15 is 0 Å². The van der Waals surface area contributed by atoms with Gasteiger partial charge < -0.3 is 9.47 Å². The van der Waals surface area contributed by atoms with Crippen LogP contribution in [-0.4, -0.2) is 41.8 Å². The molecular weight excluding hydrogens is 198 g/mol. The second kappa shape index (κ2) is 4.08. The number of carbonyl (C=O) groups is 2. The molecule has 0 spiro atoms. The average molecular weight is 215 g/mol. The number of cyclic esters (lactones) is 1. The normalized spacial score (nSPS) is 21.5. The Balaban J connectivity index is 2.42. The van der Waals surface area contributed by atoms with Crippen molar-refractivity contribution in [1.29, 1.82) is 0 Å². The van der Waals surface area contributed by atoms with Crippen LogP contribution in [0.25, 0.3) is 0 Å². The summed E-state index contributed by atoms with van der Waals surface area (Å²) in [6.45, 7) is 7.55. The van der Waals surface area contributed by atoms with Crippen LogP contribution in [0, 0.1) is 0 Å². The van der Waals surface area contributed by atoms with Crippen molar-refractivity contribution in [1.82, 2.24) is 4.90 Å². The van der Waals surface area contributed by atoms with E-state index in [2.05, 4.69) is 0 Å². The minimum Gasteiger partial charge on any atom is -0.459 e. The summed E-state index contributed by atoms with van der Waals surface area (Å²) in [6.07, 6.45) is -0.603. The van der Waals surface area contributed by atoms with Gasteiger partial charge >= 0.3 is 12.1 Å². The molecule has 1 aliphatic heterocycles. The van der Waals surface area contributed by atoms with Crippen LogP contribution in [0.3, 0.4) is 0 Å². The third kappa shape index (κ3) is 3.77. The smallest absolute Gasteiger partial charge is 0.410 e. The molecule has 0 aliphatic carbocycles. The highest BCUT2D eigenvalue weighted by Gasteiger charge is 2.30. The predicted octanol–water partition coefficient (Wildman–Crippen LogP) is 1.17. The fraction of sp³-hybridized carbons (Fsp3) is 0.800. The molecule has 1 saturated heterocycles. The summed E-state index contributed by atoms with van der Waals surface area (Å²) < 4.78 is 9.98. The van der Waals surface area contributed by atoms with E-state index in [1.54, 1.807) is 27.7 Å². The maximum absolute atomic E-state index is 11.4. The van der Waals surface area contributed by atoms with Crippen LogP contribution in [0.4, 0.5) is 4.79 Å². The number of hydrogen-bond donors (Lipinski definition) is 0. The summed E-state index contributed by atoms with van der Waals surface area (Å²) in [5.74, 6) is -0.409. The zero-order valence-electron chi connectivity index (χ0n) is 9.57. The number of rotatable bonds is 2. The molecule has 5 heteroatoms. The number of ether oxygens (including phenoxy) is 2. The average Bonchev–Trinajstić information content (AvgIpc) is 2.25. The first-order valence-electron chi connectivity index (χ1n) is 4.95. The quantitative estimate of drug-likeness (QED) is 0.649. The monoisotopic (exact) mass is 215 g/mol. The van der Waals surface area contributed by atoms with E-state index in [-0.39, 0.29) is 12.6 Å². The van der Waals surface area contributed by atoms with E-state index < -0.39 is 17.7 Å². The first-order valence-corrected chi connectivity index (χ1v) is 4.95. The lowest BCUT2D eigenvalue weighted by atomic mass is 10.2. The van der Waals surface area contributed by atoms with Crippen molar-refractivity contribution < 1.29 is 19.1 Å². The van der Waals surface area contributed by atoms with Crippen LogP contribution >= 0.6 is 0 Å².